The summed E-state index contributed by atoms with van der Waals surface area (Å²) >= 11 is 0. The molecule has 1 fully saturated rings. The number of rotatable bonds is 6. The molecule has 1 aliphatic rings. The van der Waals surface area contributed by atoms with Gasteiger partial charge in [0.05, 0.1) is 12.1 Å². The number of hydrogen-bond acceptors (Lipinski definition) is 8. The summed E-state index contributed by atoms with van der Waals surface area (Å²) in [5, 5.41) is 3.26. The maximum absolute atomic E-state index is 13.3. The third-order valence-electron chi connectivity index (χ3n) is 6.08. The smallest absolute Gasteiger partial charge is 0.245 e. The Morgan fingerprint density at radius 3 is 2.58 bits per heavy atom. The SMILES string of the molecule is CC[C@@H](Nc1ncnc2c1nc(-c1cnc(C)nc1)n2CC)C(=O)N1CC(=O)N(C)[C@H](C)C1. The Balaban J connectivity index is 1.66. The minimum Gasteiger partial charge on any atom is -0.356 e. The molecule has 1 N–H and O–H groups in total. The van der Waals surface area contributed by atoms with Gasteiger partial charge >= 0.3 is 0 Å². The second-order valence-corrected chi connectivity index (χ2v) is 8.27. The lowest BCUT2D eigenvalue weighted by atomic mass is 10.1. The van der Waals surface area contributed by atoms with E-state index < -0.39 is 6.04 Å². The monoisotopic (exact) mass is 451 g/mol. The van der Waals surface area contributed by atoms with E-state index in [9.17, 15) is 9.59 Å². The molecule has 3 aromatic heterocycles. The number of piperazine rings is 1. The van der Waals surface area contributed by atoms with Crippen molar-refractivity contribution < 1.29 is 9.59 Å². The van der Waals surface area contributed by atoms with Crippen molar-refractivity contribution in [2.24, 2.45) is 0 Å². The number of aromatic nitrogens is 6. The zero-order chi connectivity index (χ0) is 23.7. The van der Waals surface area contributed by atoms with Crippen LogP contribution in [0.3, 0.4) is 0 Å². The number of anilines is 1. The van der Waals surface area contributed by atoms with Crippen LogP contribution in [-0.4, -0.2) is 83.3 Å². The summed E-state index contributed by atoms with van der Waals surface area (Å²) in [5.41, 5.74) is 2.01. The molecule has 0 saturated carbocycles. The van der Waals surface area contributed by atoms with E-state index in [1.807, 2.05) is 32.3 Å². The molecule has 3 aromatic rings. The fourth-order valence-electron chi connectivity index (χ4n) is 3.99. The van der Waals surface area contributed by atoms with Crippen LogP contribution in [0.15, 0.2) is 18.7 Å². The average Bonchev–Trinajstić information content (AvgIpc) is 3.20. The van der Waals surface area contributed by atoms with Gasteiger partial charge < -0.3 is 19.7 Å². The maximum Gasteiger partial charge on any atom is 0.245 e. The summed E-state index contributed by atoms with van der Waals surface area (Å²) in [7, 11) is 1.77. The summed E-state index contributed by atoms with van der Waals surface area (Å²) in [4.78, 5) is 51.0. The second-order valence-electron chi connectivity index (χ2n) is 8.27. The van der Waals surface area contributed by atoms with Crippen LogP contribution in [0.4, 0.5) is 5.82 Å². The Kier molecular flexibility index (Phi) is 6.21. The molecule has 4 heterocycles. The van der Waals surface area contributed by atoms with Crippen LogP contribution in [0.2, 0.25) is 0 Å². The summed E-state index contributed by atoms with van der Waals surface area (Å²) in [6.45, 7) is 8.94. The van der Waals surface area contributed by atoms with Gasteiger partial charge in [0, 0.05) is 38.6 Å². The first kappa shape index (κ1) is 22.6. The third-order valence-corrected chi connectivity index (χ3v) is 6.08. The van der Waals surface area contributed by atoms with E-state index in [0.717, 1.165) is 5.56 Å². The first-order chi connectivity index (χ1) is 15.8. The summed E-state index contributed by atoms with van der Waals surface area (Å²) in [6.07, 6.45) is 5.47. The molecule has 0 aliphatic carbocycles. The van der Waals surface area contributed by atoms with E-state index in [1.54, 1.807) is 29.2 Å². The Labute approximate surface area is 192 Å². The maximum atomic E-state index is 13.3. The van der Waals surface area contributed by atoms with Crippen molar-refractivity contribution in [3.63, 3.8) is 0 Å². The zero-order valence-electron chi connectivity index (χ0n) is 19.6. The van der Waals surface area contributed by atoms with Gasteiger partial charge in [-0.25, -0.2) is 24.9 Å². The zero-order valence-corrected chi connectivity index (χ0v) is 19.6. The van der Waals surface area contributed by atoms with Crippen LogP contribution in [0.1, 0.15) is 33.0 Å². The van der Waals surface area contributed by atoms with Crippen LogP contribution in [0, 0.1) is 6.92 Å². The highest BCUT2D eigenvalue weighted by Crippen LogP contribution is 2.27. The van der Waals surface area contributed by atoms with Crippen molar-refractivity contribution in [1.82, 2.24) is 39.3 Å². The van der Waals surface area contributed by atoms with Crippen LogP contribution in [0.25, 0.3) is 22.6 Å². The lowest BCUT2D eigenvalue weighted by molar-refractivity contribution is -0.147. The van der Waals surface area contributed by atoms with Crippen molar-refractivity contribution in [2.45, 2.75) is 52.7 Å². The number of imidazole rings is 1. The fourth-order valence-corrected chi connectivity index (χ4v) is 3.99. The topological polar surface area (TPSA) is 122 Å². The van der Waals surface area contributed by atoms with Gasteiger partial charge in [-0.1, -0.05) is 6.92 Å². The third kappa shape index (κ3) is 4.22. The number of hydrogen-bond donors (Lipinski definition) is 1. The molecule has 1 saturated heterocycles. The standard InChI is InChI=1S/C22H29N9O2/c1-6-16(22(33)30-10-13(3)29(5)17(32)11-30)27-19-18-21(26-12-25-19)31(7-2)20(28-18)15-8-23-14(4)24-9-15/h8-9,12-13,16H,6-7,10-11H2,1-5H3,(H,25,26,27)/t13-,16-/m1/s1. The molecule has 0 bridgehead atoms. The Morgan fingerprint density at radius 1 is 1.21 bits per heavy atom. The van der Waals surface area contributed by atoms with E-state index in [0.29, 0.717) is 48.1 Å². The van der Waals surface area contributed by atoms with Gasteiger partial charge in [-0.3, -0.25) is 9.59 Å². The molecule has 33 heavy (non-hydrogen) atoms. The van der Waals surface area contributed by atoms with Gasteiger partial charge in [0.15, 0.2) is 17.0 Å². The number of carbonyl (C=O) groups is 2. The summed E-state index contributed by atoms with van der Waals surface area (Å²) < 4.78 is 1.97. The Hall–Kier alpha value is -3.63. The van der Waals surface area contributed by atoms with Gasteiger partial charge in [0.1, 0.15) is 24.0 Å². The molecule has 0 spiro atoms. The molecule has 0 radical (unpaired) electrons. The van der Waals surface area contributed by atoms with Crippen molar-refractivity contribution >= 4 is 28.8 Å². The lowest BCUT2D eigenvalue weighted by Gasteiger charge is -2.38. The fraction of sp³-hybridized carbons (Fsp3) is 0.500. The van der Waals surface area contributed by atoms with Crippen molar-refractivity contribution in [1.29, 1.82) is 0 Å². The molecule has 11 heteroatoms. The van der Waals surface area contributed by atoms with Crippen molar-refractivity contribution in [3.05, 3.63) is 24.5 Å². The highest BCUT2D eigenvalue weighted by Gasteiger charge is 2.33. The van der Waals surface area contributed by atoms with Crippen LogP contribution < -0.4 is 5.32 Å². The summed E-state index contributed by atoms with van der Waals surface area (Å²) in [5.74, 6) is 1.66. The van der Waals surface area contributed by atoms with E-state index in [2.05, 4.69) is 25.3 Å². The van der Waals surface area contributed by atoms with Gasteiger partial charge in [0.25, 0.3) is 0 Å². The predicted octanol–water partition coefficient (Wildman–Crippen LogP) is 1.49. The Morgan fingerprint density at radius 2 is 1.94 bits per heavy atom. The van der Waals surface area contributed by atoms with Crippen molar-refractivity contribution in [2.75, 3.05) is 25.5 Å². The van der Waals surface area contributed by atoms with Gasteiger partial charge in [-0.15, -0.1) is 0 Å². The van der Waals surface area contributed by atoms with Crippen LogP contribution in [0.5, 0.6) is 0 Å². The highest BCUT2D eigenvalue weighted by atomic mass is 16.2. The quantitative estimate of drug-likeness (QED) is 0.598. The predicted molar refractivity (Wildman–Crippen MR) is 123 cm³/mol. The average molecular weight is 452 g/mol. The van der Waals surface area contributed by atoms with Crippen molar-refractivity contribution in [3.8, 4) is 11.4 Å². The lowest BCUT2D eigenvalue weighted by Crippen LogP contribution is -2.57. The normalized spacial score (nSPS) is 17.5. The summed E-state index contributed by atoms with van der Waals surface area (Å²) in [6, 6.07) is -0.567. The molecule has 2 atom stereocenters. The number of likely N-dealkylation sites (N-methyl/N-ethyl adjacent to an activating group) is 1. The van der Waals surface area contributed by atoms with E-state index in [-0.39, 0.29) is 24.4 Å². The van der Waals surface area contributed by atoms with Gasteiger partial charge in [0.2, 0.25) is 11.8 Å². The minimum atomic E-state index is -0.538. The van der Waals surface area contributed by atoms with Gasteiger partial charge in [-0.05, 0) is 27.2 Å². The molecular weight excluding hydrogens is 422 g/mol. The molecule has 174 valence electrons. The number of carbonyl (C=O) groups excluding carboxylic acids is 2. The number of fused-ring (bicyclic) bond motifs is 1. The second kappa shape index (κ2) is 9.08. The van der Waals surface area contributed by atoms with Gasteiger partial charge in [-0.2, -0.15) is 0 Å². The number of nitrogens with one attached hydrogen (secondary N) is 1. The first-order valence-corrected chi connectivity index (χ1v) is 11.1. The molecule has 2 amide bonds. The molecule has 4 rings (SSSR count). The molecule has 0 unspecified atom stereocenters. The molecule has 11 nitrogen and oxygen atoms in total. The van der Waals surface area contributed by atoms with E-state index in [1.165, 1.54) is 6.33 Å². The number of nitrogens with zero attached hydrogens (tertiary/aromatic N) is 8. The molecular formula is C22H29N9O2. The van der Waals surface area contributed by atoms with E-state index >= 15 is 0 Å². The van der Waals surface area contributed by atoms with E-state index in [4.69, 9.17) is 4.98 Å². The number of aryl methyl sites for hydroxylation is 2. The van der Waals surface area contributed by atoms with Crippen LogP contribution >= 0.6 is 0 Å². The Bertz CT molecular complexity index is 1170. The minimum absolute atomic E-state index is 0.0296. The molecule has 0 aromatic carbocycles. The largest absolute Gasteiger partial charge is 0.356 e. The number of amides is 2. The first-order valence-electron chi connectivity index (χ1n) is 11.1. The van der Waals surface area contributed by atoms with Crippen LogP contribution in [-0.2, 0) is 16.1 Å². The highest BCUT2D eigenvalue weighted by molar-refractivity contribution is 5.92. The molecule has 1 aliphatic heterocycles.